The molecule has 0 spiro atoms. The summed E-state index contributed by atoms with van der Waals surface area (Å²) in [4.78, 5) is 23.7. The van der Waals surface area contributed by atoms with Crippen molar-refractivity contribution in [1.29, 1.82) is 0 Å². The maximum Gasteiger partial charge on any atom is 0.311 e. The van der Waals surface area contributed by atoms with Gasteiger partial charge in [-0.05, 0) is 63.8 Å². The van der Waals surface area contributed by atoms with E-state index in [-0.39, 0.29) is 37.2 Å². The summed E-state index contributed by atoms with van der Waals surface area (Å²) in [5.41, 5.74) is -1.35. The van der Waals surface area contributed by atoms with Crippen LogP contribution in [0.5, 0.6) is 11.5 Å². The third kappa shape index (κ3) is 10.5. The van der Waals surface area contributed by atoms with Gasteiger partial charge in [-0.25, -0.2) is 0 Å². The molecule has 2 atom stereocenters. The van der Waals surface area contributed by atoms with E-state index in [4.69, 9.17) is 9.47 Å². The topological polar surface area (TPSA) is 97.5 Å². The van der Waals surface area contributed by atoms with Crippen LogP contribution in [0.25, 0.3) is 0 Å². The number of ether oxygens (including phenoxy) is 2. The van der Waals surface area contributed by atoms with Gasteiger partial charge in [0.15, 0.2) is 5.72 Å². The maximum absolute atomic E-state index is 11.9. The quantitative estimate of drug-likeness (QED) is 0.290. The lowest BCUT2D eigenvalue weighted by Gasteiger charge is -2.17. The summed E-state index contributed by atoms with van der Waals surface area (Å²) in [6, 6.07) is 17.7. The minimum atomic E-state index is -1.35. The van der Waals surface area contributed by atoms with Gasteiger partial charge in [-0.3, -0.25) is 9.59 Å². The lowest BCUT2D eigenvalue weighted by molar-refractivity contribution is -0.135. The molecule has 0 bridgehead atoms. The number of para-hydroxylation sites is 2. The Hall–Kier alpha value is -3.06. The van der Waals surface area contributed by atoms with Crippen molar-refractivity contribution in [3.8, 4) is 11.5 Å². The van der Waals surface area contributed by atoms with E-state index in [9.17, 15) is 14.7 Å². The first-order valence-corrected chi connectivity index (χ1v) is 10.5. The molecule has 0 fully saturated rings. The zero-order valence-corrected chi connectivity index (χ0v) is 18.1. The average molecular weight is 427 g/mol. The molecule has 2 unspecified atom stereocenters. The van der Waals surface area contributed by atoms with Crippen LogP contribution in [0.2, 0.25) is 0 Å². The fourth-order valence-corrected chi connectivity index (χ4v) is 2.78. The second-order valence-corrected chi connectivity index (χ2v) is 7.60. The molecule has 0 heterocycles. The highest BCUT2D eigenvalue weighted by atomic mass is 16.5. The Balaban J connectivity index is 1.62. The molecule has 0 amide bonds. The van der Waals surface area contributed by atoms with Crippen molar-refractivity contribution in [2.45, 2.75) is 64.1 Å². The van der Waals surface area contributed by atoms with Gasteiger partial charge in [0, 0.05) is 12.8 Å². The second kappa shape index (κ2) is 12.6. The minimum absolute atomic E-state index is 0.140. The van der Waals surface area contributed by atoms with Crippen molar-refractivity contribution in [2.24, 2.45) is 10.2 Å². The highest BCUT2D eigenvalue weighted by molar-refractivity contribution is 5.72. The Kier molecular flexibility index (Phi) is 9.84. The molecular formula is C24H30N2O5. The molecule has 7 heteroatoms. The third-order valence-electron chi connectivity index (χ3n) is 4.45. The molecule has 0 aromatic heterocycles. The van der Waals surface area contributed by atoms with Gasteiger partial charge in [-0.15, -0.1) is 0 Å². The van der Waals surface area contributed by atoms with Gasteiger partial charge >= 0.3 is 11.9 Å². The van der Waals surface area contributed by atoms with Gasteiger partial charge in [0.1, 0.15) is 11.5 Å². The fraction of sp³-hybridized carbons (Fsp3) is 0.417. The van der Waals surface area contributed by atoms with E-state index in [0.717, 1.165) is 0 Å². The number of carbonyl (C=O) groups is 2. The van der Waals surface area contributed by atoms with Crippen LogP contribution in [0, 0.1) is 0 Å². The van der Waals surface area contributed by atoms with Crippen molar-refractivity contribution in [1.82, 2.24) is 0 Å². The van der Waals surface area contributed by atoms with Crippen LogP contribution < -0.4 is 9.47 Å². The number of carbonyl (C=O) groups excluding carboxylic acids is 2. The molecule has 0 radical (unpaired) electrons. The highest BCUT2D eigenvalue weighted by Crippen LogP contribution is 2.19. The fourth-order valence-electron chi connectivity index (χ4n) is 2.78. The molecular weight excluding hydrogens is 396 g/mol. The van der Waals surface area contributed by atoms with Crippen LogP contribution >= 0.6 is 0 Å². The molecule has 2 rings (SSSR count). The molecule has 166 valence electrons. The Labute approximate surface area is 183 Å². The van der Waals surface area contributed by atoms with Crippen molar-refractivity contribution in [2.75, 3.05) is 0 Å². The first kappa shape index (κ1) is 24.2. The highest BCUT2D eigenvalue weighted by Gasteiger charge is 2.20. The normalized spacial score (nSPS) is 14.0. The van der Waals surface area contributed by atoms with Crippen LogP contribution in [0.4, 0.5) is 0 Å². The molecule has 0 aliphatic rings. The predicted octanol–water partition coefficient (Wildman–Crippen LogP) is 5.09. The minimum Gasteiger partial charge on any atom is -0.427 e. The summed E-state index contributed by atoms with van der Waals surface area (Å²) in [5, 5.41) is 18.5. The summed E-state index contributed by atoms with van der Waals surface area (Å²) in [7, 11) is 0. The third-order valence-corrected chi connectivity index (χ3v) is 4.45. The van der Waals surface area contributed by atoms with Crippen LogP contribution in [0.15, 0.2) is 70.9 Å². The van der Waals surface area contributed by atoms with Crippen LogP contribution in [0.1, 0.15) is 52.4 Å². The zero-order chi connectivity index (χ0) is 22.5. The molecule has 2 aromatic carbocycles. The van der Waals surface area contributed by atoms with E-state index in [2.05, 4.69) is 10.2 Å². The molecule has 1 N–H and O–H groups in total. The Bertz CT molecular complexity index is 838. The molecule has 0 saturated heterocycles. The SMILES string of the molecule is CC(CCCC(=O)Oc1ccccc1)N=NC(C)(O)CCCC(=O)Oc1ccccc1. The summed E-state index contributed by atoms with van der Waals surface area (Å²) >= 11 is 0. The monoisotopic (exact) mass is 426 g/mol. The van der Waals surface area contributed by atoms with Crippen molar-refractivity contribution >= 4 is 11.9 Å². The van der Waals surface area contributed by atoms with E-state index in [1.165, 1.54) is 0 Å². The van der Waals surface area contributed by atoms with Crippen LogP contribution in [-0.4, -0.2) is 28.8 Å². The molecule has 0 aliphatic heterocycles. The largest absolute Gasteiger partial charge is 0.427 e. The van der Waals surface area contributed by atoms with E-state index in [1.54, 1.807) is 43.3 Å². The standard InChI is InChI=1S/C24H30N2O5/c1-19(11-9-16-22(27)30-20-12-5-3-6-13-20)25-26-24(2,29)18-10-17-23(28)31-21-14-7-4-8-15-21/h3-8,12-15,19,29H,9-11,16-18H2,1-2H3. The number of azo groups is 1. The summed E-state index contributed by atoms with van der Waals surface area (Å²) in [6.45, 7) is 3.43. The number of nitrogens with zero attached hydrogens (tertiary/aromatic N) is 2. The lowest BCUT2D eigenvalue weighted by atomic mass is 10.1. The number of aliphatic hydroxyl groups is 1. The Morgan fingerprint density at radius 1 is 0.903 bits per heavy atom. The number of hydrogen-bond donors (Lipinski definition) is 1. The predicted molar refractivity (Wildman–Crippen MR) is 117 cm³/mol. The molecule has 7 nitrogen and oxygen atoms in total. The number of benzene rings is 2. The number of hydrogen-bond acceptors (Lipinski definition) is 7. The number of esters is 2. The van der Waals surface area contributed by atoms with E-state index in [0.29, 0.717) is 30.8 Å². The first-order chi connectivity index (χ1) is 14.8. The maximum atomic E-state index is 11.9. The van der Waals surface area contributed by atoms with Crippen molar-refractivity contribution in [3.05, 3.63) is 60.7 Å². The summed E-state index contributed by atoms with van der Waals surface area (Å²) in [6.07, 6.45) is 2.44. The number of rotatable bonds is 12. The second-order valence-electron chi connectivity index (χ2n) is 7.60. The van der Waals surface area contributed by atoms with Gasteiger partial charge < -0.3 is 14.6 Å². The van der Waals surface area contributed by atoms with Gasteiger partial charge in [-0.2, -0.15) is 10.2 Å². The molecule has 0 aliphatic carbocycles. The summed E-state index contributed by atoms with van der Waals surface area (Å²) < 4.78 is 10.5. The van der Waals surface area contributed by atoms with Crippen molar-refractivity contribution < 1.29 is 24.2 Å². The smallest absolute Gasteiger partial charge is 0.311 e. The average Bonchev–Trinajstić information content (AvgIpc) is 2.73. The first-order valence-electron chi connectivity index (χ1n) is 10.5. The van der Waals surface area contributed by atoms with E-state index >= 15 is 0 Å². The molecule has 0 saturated carbocycles. The van der Waals surface area contributed by atoms with Gasteiger partial charge in [0.05, 0.1) is 6.04 Å². The van der Waals surface area contributed by atoms with E-state index < -0.39 is 5.72 Å². The Morgan fingerprint density at radius 3 is 1.90 bits per heavy atom. The van der Waals surface area contributed by atoms with Gasteiger partial charge in [0.2, 0.25) is 0 Å². The van der Waals surface area contributed by atoms with Gasteiger partial charge in [-0.1, -0.05) is 36.4 Å². The van der Waals surface area contributed by atoms with Crippen LogP contribution in [0.3, 0.4) is 0 Å². The van der Waals surface area contributed by atoms with Gasteiger partial charge in [0.25, 0.3) is 0 Å². The molecule has 2 aromatic rings. The van der Waals surface area contributed by atoms with Crippen LogP contribution in [-0.2, 0) is 9.59 Å². The lowest BCUT2D eigenvalue weighted by Crippen LogP contribution is -2.21. The van der Waals surface area contributed by atoms with E-state index in [1.807, 2.05) is 31.2 Å². The Morgan fingerprint density at radius 2 is 1.39 bits per heavy atom. The zero-order valence-electron chi connectivity index (χ0n) is 18.1. The van der Waals surface area contributed by atoms with Crippen molar-refractivity contribution in [3.63, 3.8) is 0 Å². The summed E-state index contributed by atoms with van der Waals surface area (Å²) in [5.74, 6) is 0.392. The molecule has 31 heavy (non-hydrogen) atoms.